The minimum absolute atomic E-state index is 0.0128. The van der Waals surface area contributed by atoms with Crippen LogP contribution in [0.25, 0.3) is 0 Å². The van der Waals surface area contributed by atoms with Crippen molar-refractivity contribution in [2.75, 3.05) is 32.2 Å². The molecule has 1 N–H and O–H groups in total. The zero-order chi connectivity index (χ0) is 24.5. The first-order valence-corrected chi connectivity index (χ1v) is 10.6. The molecule has 2 heterocycles. The van der Waals surface area contributed by atoms with Gasteiger partial charge < -0.3 is 14.4 Å². The molecule has 1 saturated heterocycles. The number of rotatable bonds is 7. The Labute approximate surface area is 195 Å². The third kappa shape index (κ3) is 4.11. The van der Waals surface area contributed by atoms with E-state index >= 15 is 0 Å². The third-order valence-corrected chi connectivity index (χ3v) is 6.20. The lowest BCUT2D eigenvalue weighted by Gasteiger charge is -2.46. The number of barbiturate groups is 1. The van der Waals surface area contributed by atoms with Crippen LogP contribution in [-0.2, 0) is 32.0 Å². The van der Waals surface area contributed by atoms with E-state index in [2.05, 4.69) is 5.32 Å². The summed E-state index contributed by atoms with van der Waals surface area (Å²) in [6.45, 7) is 0.0954. The number of methoxy groups -OCH3 is 2. The number of carbonyl (C=O) groups excluding carboxylic acids is 3. The van der Waals surface area contributed by atoms with Crippen molar-refractivity contribution in [3.05, 3.63) is 69.8 Å². The van der Waals surface area contributed by atoms with Gasteiger partial charge in [-0.05, 0) is 23.6 Å². The maximum absolute atomic E-state index is 13.7. The van der Waals surface area contributed by atoms with Crippen LogP contribution >= 0.6 is 0 Å². The van der Waals surface area contributed by atoms with Gasteiger partial charge in [-0.15, -0.1) is 0 Å². The summed E-state index contributed by atoms with van der Waals surface area (Å²) in [6.07, 6.45) is -0.768. The molecule has 4 amide bonds. The summed E-state index contributed by atoms with van der Waals surface area (Å²) < 4.78 is 10.6. The number of fused-ring (bicyclic) bond motifs is 1. The number of urea groups is 1. The molecule has 2 aliphatic heterocycles. The van der Waals surface area contributed by atoms with Crippen LogP contribution in [0.15, 0.2) is 48.5 Å². The average Bonchev–Trinajstić information content (AvgIpc) is 2.84. The zero-order valence-corrected chi connectivity index (χ0v) is 18.7. The molecule has 1 atom stereocenters. The van der Waals surface area contributed by atoms with Crippen molar-refractivity contribution in [2.45, 2.75) is 19.3 Å². The molecule has 11 heteroatoms. The van der Waals surface area contributed by atoms with E-state index in [1.54, 1.807) is 35.2 Å². The smallest absolute Gasteiger partial charge is 0.331 e. The summed E-state index contributed by atoms with van der Waals surface area (Å²) in [5.74, 6) is -1.39. The van der Waals surface area contributed by atoms with Gasteiger partial charge in [0.15, 0.2) is 6.29 Å². The number of carbonyl (C=O) groups is 3. The van der Waals surface area contributed by atoms with Crippen molar-refractivity contribution in [3.63, 3.8) is 0 Å². The van der Waals surface area contributed by atoms with Gasteiger partial charge in [0.05, 0.1) is 18.0 Å². The molecule has 34 heavy (non-hydrogen) atoms. The van der Waals surface area contributed by atoms with Gasteiger partial charge in [0.25, 0.3) is 5.69 Å². The summed E-state index contributed by atoms with van der Waals surface area (Å²) in [7, 11) is 2.92. The molecular formula is C23H24N4O7. The quantitative estimate of drug-likeness (QED) is 0.282. The fourth-order valence-electron chi connectivity index (χ4n) is 4.45. The molecule has 1 unspecified atom stereocenters. The number of ether oxygens (including phenoxy) is 2. The van der Waals surface area contributed by atoms with Crippen LogP contribution in [0.1, 0.15) is 11.1 Å². The number of nitro benzene ring substituents is 1. The number of nitrogens with one attached hydrogen (secondary N) is 1. The second-order valence-electron chi connectivity index (χ2n) is 8.25. The number of hydrogen-bond acceptors (Lipinski definition) is 8. The molecule has 2 aromatic rings. The molecule has 0 aromatic heterocycles. The Balaban J connectivity index is 1.76. The van der Waals surface area contributed by atoms with Crippen LogP contribution in [0.4, 0.5) is 16.2 Å². The van der Waals surface area contributed by atoms with Crippen molar-refractivity contribution in [2.24, 2.45) is 5.41 Å². The standard InChI is InChI=1S/C23H24N4O7/c1-33-19(34-2)13-25-14-23(11-16-10-17(27(31)32)8-9-18(16)25)20(28)24-22(30)26(21(23)29)12-15-6-4-3-5-7-15/h3-10,19H,11-14H2,1-2H3,(H,24,28,30). The van der Waals surface area contributed by atoms with Gasteiger partial charge in [-0.3, -0.25) is 29.9 Å². The molecule has 0 saturated carbocycles. The molecule has 178 valence electrons. The molecule has 4 rings (SSSR count). The minimum Gasteiger partial charge on any atom is -0.365 e. The number of amides is 4. The van der Waals surface area contributed by atoms with E-state index in [1.807, 2.05) is 6.07 Å². The lowest BCUT2D eigenvalue weighted by Crippen LogP contribution is -2.68. The molecule has 1 fully saturated rings. The van der Waals surface area contributed by atoms with Crippen molar-refractivity contribution in [3.8, 4) is 0 Å². The van der Waals surface area contributed by atoms with Crippen molar-refractivity contribution >= 4 is 29.2 Å². The summed E-state index contributed by atoms with van der Waals surface area (Å²) >= 11 is 0. The van der Waals surface area contributed by atoms with Crippen molar-refractivity contribution in [1.82, 2.24) is 10.2 Å². The van der Waals surface area contributed by atoms with Gasteiger partial charge >= 0.3 is 6.03 Å². The van der Waals surface area contributed by atoms with Gasteiger partial charge in [0, 0.05) is 38.6 Å². The second kappa shape index (κ2) is 9.20. The Morgan fingerprint density at radius 3 is 2.47 bits per heavy atom. The highest BCUT2D eigenvalue weighted by molar-refractivity contribution is 6.20. The number of non-ortho nitro benzene ring substituents is 1. The van der Waals surface area contributed by atoms with Gasteiger partial charge in [-0.25, -0.2) is 4.79 Å². The molecule has 0 radical (unpaired) electrons. The third-order valence-electron chi connectivity index (χ3n) is 6.20. The molecule has 0 bridgehead atoms. The molecule has 2 aliphatic rings. The summed E-state index contributed by atoms with van der Waals surface area (Å²) in [4.78, 5) is 53.1. The topological polar surface area (TPSA) is 131 Å². The predicted octanol–water partition coefficient (Wildman–Crippen LogP) is 1.84. The molecule has 2 aromatic carbocycles. The lowest BCUT2D eigenvalue weighted by molar-refractivity contribution is -0.384. The van der Waals surface area contributed by atoms with E-state index in [4.69, 9.17) is 9.47 Å². The minimum atomic E-state index is -1.66. The van der Waals surface area contributed by atoms with Crippen LogP contribution in [0.3, 0.4) is 0 Å². The fourth-order valence-corrected chi connectivity index (χ4v) is 4.45. The van der Waals surface area contributed by atoms with Crippen LogP contribution in [0.2, 0.25) is 0 Å². The SMILES string of the molecule is COC(CN1CC2(Cc3cc([N+](=O)[O-])ccc31)C(=O)NC(=O)N(Cc1ccccc1)C2=O)OC. The number of nitro groups is 1. The number of benzene rings is 2. The lowest BCUT2D eigenvalue weighted by atomic mass is 9.74. The van der Waals surface area contributed by atoms with E-state index in [0.29, 0.717) is 11.3 Å². The number of hydrogen-bond donors (Lipinski definition) is 1. The van der Waals surface area contributed by atoms with Gasteiger partial charge in [0.2, 0.25) is 11.8 Å². The Hall–Kier alpha value is -3.83. The zero-order valence-electron chi connectivity index (χ0n) is 18.7. The Morgan fingerprint density at radius 1 is 1.12 bits per heavy atom. The first kappa shape index (κ1) is 23.3. The maximum Gasteiger partial charge on any atom is 0.331 e. The van der Waals surface area contributed by atoms with Crippen molar-refractivity contribution in [1.29, 1.82) is 0 Å². The average molecular weight is 468 g/mol. The van der Waals surface area contributed by atoms with Gasteiger partial charge in [0.1, 0.15) is 5.41 Å². The largest absolute Gasteiger partial charge is 0.365 e. The Kier molecular flexibility index (Phi) is 6.31. The van der Waals surface area contributed by atoms with Crippen LogP contribution in [0, 0.1) is 15.5 Å². The number of anilines is 1. The fraction of sp³-hybridized carbons (Fsp3) is 0.348. The van der Waals surface area contributed by atoms with E-state index in [9.17, 15) is 24.5 Å². The molecule has 0 aliphatic carbocycles. The van der Waals surface area contributed by atoms with E-state index in [-0.39, 0.29) is 31.7 Å². The number of nitrogens with zero attached hydrogens (tertiary/aromatic N) is 3. The number of imide groups is 2. The maximum atomic E-state index is 13.7. The highest BCUT2D eigenvalue weighted by atomic mass is 16.7. The summed E-state index contributed by atoms with van der Waals surface area (Å²) in [6, 6.07) is 12.5. The van der Waals surface area contributed by atoms with Crippen molar-refractivity contribution < 1.29 is 28.8 Å². The summed E-state index contributed by atoms with van der Waals surface area (Å²) in [5.41, 5.74) is -0.0206. The molecular weight excluding hydrogens is 444 g/mol. The van der Waals surface area contributed by atoms with Crippen LogP contribution < -0.4 is 10.2 Å². The second-order valence-corrected chi connectivity index (χ2v) is 8.25. The van der Waals surface area contributed by atoms with Crippen LogP contribution in [0.5, 0.6) is 0 Å². The predicted molar refractivity (Wildman–Crippen MR) is 120 cm³/mol. The monoisotopic (exact) mass is 468 g/mol. The van der Waals surface area contributed by atoms with Gasteiger partial charge in [-0.2, -0.15) is 0 Å². The van der Waals surface area contributed by atoms with Crippen LogP contribution in [-0.4, -0.2) is 61.3 Å². The first-order valence-electron chi connectivity index (χ1n) is 10.6. The first-order chi connectivity index (χ1) is 16.3. The molecule has 1 spiro atoms. The Morgan fingerprint density at radius 2 is 1.82 bits per heavy atom. The molecule has 11 nitrogen and oxygen atoms in total. The highest BCUT2D eigenvalue weighted by Gasteiger charge is 2.57. The van der Waals surface area contributed by atoms with E-state index < -0.39 is 34.5 Å². The van der Waals surface area contributed by atoms with Gasteiger partial charge in [-0.1, -0.05) is 30.3 Å². The van der Waals surface area contributed by atoms with E-state index in [1.165, 1.54) is 26.4 Å². The Bertz CT molecular complexity index is 1140. The highest BCUT2D eigenvalue weighted by Crippen LogP contribution is 2.41. The summed E-state index contributed by atoms with van der Waals surface area (Å²) in [5, 5.41) is 13.7. The normalized spacial score (nSPS) is 20.0. The van der Waals surface area contributed by atoms with E-state index in [0.717, 1.165) is 10.5 Å².